The molecule has 2 aliphatic heterocycles. The maximum Gasteiger partial charge on any atom is 0.243 e. The van der Waals surface area contributed by atoms with Gasteiger partial charge in [0.2, 0.25) is 11.8 Å². The van der Waals surface area contributed by atoms with Gasteiger partial charge >= 0.3 is 0 Å². The van der Waals surface area contributed by atoms with Crippen molar-refractivity contribution >= 4 is 11.8 Å². The first-order valence-corrected chi connectivity index (χ1v) is 4.95. The van der Waals surface area contributed by atoms with Gasteiger partial charge in [0.1, 0.15) is 6.04 Å². The van der Waals surface area contributed by atoms with Crippen LogP contribution in [0.25, 0.3) is 0 Å². The Morgan fingerprint density at radius 2 is 2.21 bits per heavy atom. The summed E-state index contributed by atoms with van der Waals surface area (Å²) in [6, 6.07) is -0.0963. The van der Waals surface area contributed by atoms with Crippen molar-refractivity contribution in [1.29, 1.82) is 0 Å². The standard InChI is InChI=1S/C10H14N2O2/c1-2-3-7-4-5-8-10(14)11-6-9(13)12(7)8/h2-3,7-8H,4-6H2,1H3,(H,11,14)/b3-2+. The van der Waals surface area contributed by atoms with Crippen molar-refractivity contribution in [2.45, 2.75) is 31.8 Å². The molecule has 14 heavy (non-hydrogen) atoms. The molecule has 4 nitrogen and oxygen atoms in total. The molecule has 2 amide bonds. The third-order valence-electron chi connectivity index (χ3n) is 2.85. The lowest BCUT2D eigenvalue weighted by Crippen LogP contribution is -2.57. The predicted octanol–water partition coefficient (Wildman–Crippen LogP) is 0.0519. The summed E-state index contributed by atoms with van der Waals surface area (Å²) in [4.78, 5) is 24.7. The van der Waals surface area contributed by atoms with Gasteiger partial charge in [-0.25, -0.2) is 0 Å². The Morgan fingerprint density at radius 1 is 1.43 bits per heavy atom. The van der Waals surface area contributed by atoms with Gasteiger partial charge in [0.15, 0.2) is 0 Å². The molecule has 0 aromatic carbocycles. The van der Waals surface area contributed by atoms with Gasteiger partial charge in [-0.2, -0.15) is 0 Å². The van der Waals surface area contributed by atoms with Crippen molar-refractivity contribution in [2.24, 2.45) is 0 Å². The topological polar surface area (TPSA) is 49.4 Å². The largest absolute Gasteiger partial charge is 0.345 e. The highest BCUT2D eigenvalue weighted by Crippen LogP contribution is 2.26. The third-order valence-corrected chi connectivity index (χ3v) is 2.85. The van der Waals surface area contributed by atoms with E-state index in [4.69, 9.17) is 0 Å². The van der Waals surface area contributed by atoms with E-state index in [1.165, 1.54) is 0 Å². The van der Waals surface area contributed by atoms with Gasteiger partial charge < -0.3 is 10.2 Å². The van der Waals surface area contributed by atoms with Crippen LogP contribution < -0.4 is 5.32 Å². The van der Waals surface area contributed by atoms with Gasteiger partial charge in [-0.1, -0.05) is 12.2 Å². The lowest BCUT2D eigenvalue weighted by atomic mass is 10.2. The second kappa shape index (κ2) is 3.44. The van der Waals surface area contributed by atoms with Crippen LogP contribution in [0.2, 0.25) is 0 Å². The zero-order valence-electron chi connectivity index (χ0n) is 8.19. The minimum absolute atomic E-state index is 0.00315. The lowest BCUT2D eigenvalue weighted by molar-refractivity contribution is -0.144. The predicted molar refractivity (Wildman–Crippen MR) is 51.5 cm³/mol. The number of piperazine rings is 1. The van der Waals surface area contributed by atoms with E-state index < -0.39 is 0 Å². The van der Waals surface area contributed by atoms with E-state index in [0.29, 0.717) is 0 Å². The van der Waals surface area contributed by atoms with Crippen molar-refractivity contribution in [3.8, 4) is 0 Å². The van der Waals surface area contributed by atoms with Crippen LogP contribution in [0.4, 0.5) is 0 Å². The van der Waals surface area contributed by atoms with E-state index in [-0.39, 0.29) is 30.4 Å². The zero-order valence-corrected chi connectivity index (χ0v) is 8.19. The van der Waals surface area contributed by atoms with E-state index in [1.807, 2.05) is 19.1 Å². The highest BCUT2D eigenvalue weighted by Gasteiger charge is 2.42. The first kappa shape index (κ1) is 9.24. The quantitative estimate of drug-likeness (QED) is 0.600. The summed E-state index contributed by atoms with van der Waals surface area (Å²) in [5.41, 5.74) is 0. The molecule has 2 aliphatic rings. The van der Waals surface area contributed by atoms with Crippen molar-refractivity contribution < 1.29 is 9.59 Å². The summed E-state index contributed by atoms with van der Waals surface area (Å²) in [5, 5.41) is 2.61. The van der Waals surface area contributed by atoms with Crippen LogP contribution in [-0.4, -0.2) is 35.3 Å². The number of amides is 2. The number of hydrogen-bond donors (Lipinski definition) is 1. The number of rotatable bonds is 1. The summed E-state index contributed by atoms with van der Waals surface area (Å²) in [6.07, 6.45) is 5.62. The fourth-order valence-corrected chi connectivity index (χ4v) is 2.24. The van der Waals surface area contributed by atoms with Crippen LogP contribution >= 0.6 is 0 Å². The minimum Gasteiger partial charge on any atom is -0.345 e. The van der Waals surface area contributed by atoms with E-state index in [0.717, 1.165) is 12.8 Å². The Morgan fingerprint density at radius 3 is 2.93 bits per heavy atom. The first-order chi connectivity index (χ1) is 6.74. The van der Waals surface area contributed by atoms with Crippen molar-refractivity contribution in [2.75, 3.05) is 6.54 Å². The second-order valence-corrected chi connectivity index (χ2v) is 3.71. The molecular formula is C10H14N2O2. The summed E-state index contributed by atoms with van der Waals surface area (Å²) < 4.78 is 0. The molecule has 0 radical (unpaired) electrons. The molecule has 2 heterocycles. The average molecular weight is 194 g/mol. The van der Waals surface area contributed by atoms with Crippen molar-refractivity contribution in [3.63, 3.8) is 0 Å². The molecule has 0 spiro atoms. The van der Waals surface area contributed by atoms with Gasteiger partial charge in [-0.05, 0) is 19.8 Å². The molecule has 2 atom stereocenters. The molecule has 0 aliphatic carbocycles. The van der Waals surface area contributed by atoms with E-state index in [1.54, 1.807) is 4.90 Å². The maximum atomic E-state index is 11.6. The molecule has 4 heteroatoms. The third kappa shape index (κ3) is 1.31. The van der Waals surface area contributed by atoms with Crippen LogP contribution in [0, 0.1) is 0 Å². The number of fused-ring (bicyclic) bond motifs is 1. The molecule has 2 saturated heterocycles. The highest BCUT2D eigenvalue weighted by molar-refractivity contribution is 5.95. The summed E-state index contributed by atoms with van der Waals surface area (Å²) in [7, 11) is 0. The first-order valence-electron chi connectivity index (χ1n) is 4.95. The van der Waals surface area contributed by atoms with Crippen LogP contribution in [0.3, 0.4) is 0 Å². The SMILES string of the molecule is C/C=C/C1CCC2C(=O)NCC(=O)N12. The monoisotopic (exact) mass is 194 g/mol. The zero-order chi connectivity index (χ0) is 10.1. The molecule has 0 aromatic heterocycles. The molecule has 2 unspecified atom stereocenters. The van der Waals surface area contributed by atoms with Gasteiger partial charge in [-0.15, -0.1) is 0 Å². The van der Waals surface area contributed by atoms with Crippen LogP contribution in [-0.2, 0) is 9.59 Å². The highest BCUT2D eigenvalue weighted by atomic mass is 16.2. The van der Waals surface area contributed by atoms with Gasteiger partial charge in [0, 0.05) is 0 Å². The van der Waals surface area contributed by atoms with Crippen LogP contribution in [0.15, 0.2) is 12.2 Å². The molecular weight excluding hydrogens is 180 g/mol. The van der Waals surface area contributed by atoms with Gasteiger partial charge in [-0.3, -0.25) is 9.59 Å². The van der Waals surface area contributed by atoms with Crippen LogP contribution in [0.5, 0.6) is 0 Å². The molecule has 0 saturated carbocycles. The summed E-state index contributed by atoms with van der Waals surface area (Å²) >= 11 is 0. The normalized spacial score (nSPS) is 32.2. The fraction of sp³-hybridized carbons (Fsp3) is 0.600. The number of hydrogen-bond acceptors (Lipinski definition) is 2. The smallest absolute Gasteiger partial charge is 0.243 e. The molecule has 0 bridgehead atoms. The molecule has 0 aromatic rings. The Balaban J connectivity index is 2.21. The summed E-state index contributed by atoms with van der Waals surface area (Å²) in [5.74, 6) is 0.0341. The number of nitrogens with one attached hydrogen (secondary N) is 1. The Kier molecular flexibility index (Phi) is 2.27. The maximum absolute atomic E-state index is 11.6. The summed E-state index contributed by atoms with van der Waals surface area (Å²) in [6.45, 7) is 2.09. The van der Waals surface area contributed by atoms with Crippen molar-refractivity contribution in [3.05, 3.63) is 12.2 Å². The van der Waals surface area contributed by atoms with E-state index in [2.05, 4.69) is 5.32 Å². The lowest BCUT2D eigenvalue weighted by Gasteiger charge is -2.32. The molecule has 2 fully saturated rings. The molecule has 2 rings (SSSR count). The number of carbonyl (C=O) groups is 2. The van der Waals surface area contributed by atoms with E-state index in [9.17, 15) is 9.59 Å². The van der Waals surface area contributed by atoms with Crippen molar-refractivity contribution in [1.82, 2.24) is 10.2 Å². The Hall–Kier alpha value is -1.32. The minimum atomic E-state index is -0.225. The second-order valence-electron chi connectivity index (χ2n) is 3.71. The Labute approximate surface area is 83.0 Å². The fourth-order valence-electron chi connectivity index (χ4n) is 2.24. The number of nitrogens with zero attached hydrogens (tertiary/aromatic N) is 1. The van der Waals surface area contributed by atoms with Crippen LogP contribution in [0.1, 0.15) is 19.8 Å². The number of allylic oxidation sites excluding steroid dienone is 1. The molecule has 76 valence electrons. The molecule has 1 N–H and O–H groups in total. The van der Waals surface area contributed by atoms with Gasteiger partial charge in [0.05, 0.1) is 12.6 Å². The number of carbonyl (C=O) groups excluding carboxylic acids is 2. The average Bonchev–Trinajstić information content (AvgIpc) is 2.58. The van der Waals surface area contributed by atoms with Gasteiger partial charge in [0.25, 0.3) is 0 Å². The van der Waals surface area contributed by atoms with E-state index >= 15 is 0 Å². The Bertz CT molecular complexity index is 298.